The van der Waals surface area contributed by atoms with Crippen LogP contribution in [0.1, 0.15) is 13.3 Å². The smallest absolute Gasteiger partial charge is 0.225 e. The van der Waals surface area contributed by atoms with Crippen molar-refractivity contribution in [1.29, 1.82) is 0 Å². The molecule has 1 N–H and O–H groups in total. The first kappa shape index (κ1) is 9.99. The quantitative estimate of drug-likeness (QED) is 0.740. The predicted molar refractivity (Wildman–Crippen MR) is 50.3 cm³/mol. The maximum Gasteiger partial charge on any atom is 0.225 e. The number of amides is 1. The number of hydrogen-bond donors (Lipinski definition) is 1. The van der Waals surface area contributed by atoms with E-state index in [1.54, 1.807) is 0 Å². The maximum absolute atomic E-state index is 11.3. The van der Waals surface area contributed by atoms with Gasteiger partial charge in [0.1, 0.15) is 0 Å². The molecule has 1 amide bonds. The highest BCUT2D eigenvalue weighted by molar-refractivity contribution is 9.09. The molecular weight excluding hydrogens is 222 g/mol. The largest absolute Gasteiger partial charge is 0.381 e. The lowest BCUT2D eigenvalue weighted by Crippen LogP contribution is -2.34. The van der Waals surface area contributed by atoms with Crippen molar-refractivity contribution in [2.75, 3.05) is 19.8 Å². The van der Waals surface area contributed by atoms with Gasteiger partial charge in [0.25, 0.3) is 0 Å². The Bertz CT molecular complexity index is 155. The zero-order valence-electron chi connectivity index (χ0n) is 7.18. The Morgan fingerprint density at radius 3 is 3.08 bits per heavy atom. The molecule has 70 valence electrons. The van der Waals surface area contributed by atoms with Crippen molar-refractivity contribution in [3.05, 3.63) is 0 Å². The minimum absolute atomic E-state index is 0.0799. The van der Waals surface area contributed by atoms with Gasteiger partial charge in [0.15, 0.2) is 0 Å². The van der Waals surface area contributed by atoms with Crippen molar-refractivity contribution >= 4 is 21.8 Å². The molecule has 0 aromatic carbocycles. The summed E-state index contributed by atoms with van der Waals surface area (Å²) < 4.78 is 5.11. The van der Waals surface area contributed by atoms with Gasteiger partial charge in [0.05, 0.1) is 12.5 Å². The molecule has 1 fully saturated rings. The van der Waals surface area contributed by atoms with Gasteiger partial charge in [-0.1, -0.05) is 22.9 Å². The van der Waals surface area contributed by atoms with Gasteiger partial charge in [-0.25, -0.2) is 0 Å². The van der Waals surface area contributed by atoms with E-state index in [9.17, 15) is 4.79 Å². The summed E-state index contributed by atoms with van der Waals surface area (Å²) in [6, 6.07) is 0. The van der Waals surface area contributed by atoms with Crippen LogP contribution < -0.4 is 5.32 Å². The summed E-state index contributed by atoms with van der Waals surface area (Å²) in [6.45, 7) is 4.01. The van der Waals surface area contributed by atoms with Gasteiger partial charge < -0.3 is 10.1 Å². The van der Waals surface area contributed by atoms with Gasteiger partial charge in [-0.05, 0) is 6.42 Å². The number of rotatable bonds is 3. The molecular formula is C8H14BrNO2. The van der Waals surface area contributed by atoms with E-state index in [1.807, 2.05) is 6.92 Å². The summed E-state index contributed by atoms with van der Waals surface area (Å²) in [7, 11) is 0. The molecule has 3 nitrogen and oxygen atoms in total. The standard InChI is InChI=1S/C8H14BrNO2/c1-6(9)4-10-8(11)7-2-3-12-5-7/h6-7H,2-5H2,1H3,(H,10,11). The van der Waals surface area contributed by atoms with Gasteiger partial charge in [-0.2, -0.15) is 0 Å². The molecule has 0 saturated carbocycles. The SMILES string of the molecule is CC(Br)CNC(=O)C1CCOC1. The van der Waals surface area contributed by atoms with Crippen molar-refractivity contribution in [3.63, 3.8) is 0 Å². The minimum Gasteiger partial charge on any atom is -0.381 e. The Kier molecular flexibility index (Phi) is 4.01. The topological polar surface area (TPSA) is 38.3 Å². The van der Waals surface area contributed by atoms with Gasteiger partial charge in [-0.15, -0.1) is 0 Å². The molecule has 0 radical (unpaired) electrons. The average Bonchev–Trinajstić information content (AvgIpc) is 2.51. The van der Waals surface area contributed by atoms with Crippen LogP contribution in [0.5, 0.6) is 0 Å². The fraction of sp³-hybridized carbons (Fsp3) is 0.875. The minimum atomic E-state index is 0.0799. The van der Waals surface area contributed by atoms with Crippen LogP contribution in [-0.4, -0.2) is 30.5 Å². The number of carbonyl (C=O) groups is 1. The molecule has 1 rings (SSSR count). The molecule has 1 aliphatic heterocycles. The Labute approximate surface area is 81.0 Å². The van der Waals surface area contributed by atoms with Crippen LogP contribution in [0.25, 0.3) is 0 Å². The molecule has 0 aliphatic carbocycles. The van der Waals surface area contributed by atoms with Gasteiger partial charge in [0.2, 0.25) is 5.91 Å². The van der Waals surface area contributed by atoms with E-state index in [1.165, 1.54) is 0 Å². The molecule has 0 bridgehead atoms. The summed E-state index contributed by atoms with van der Waals surface area (Å²) in [5.74, 6) is 0.204. The Morgan fingerprint density at radius 2 is 2.58 bits per heavy atom. The fourth-order valence-electron chi connectivity index (χ4n) is 1.13. The molecule has 2 atom stereocenters. The van der Waals surface area contributed by atoms with Crippen LogP contribution in [0.15, 0.2) is 0 Å². The fourth-order valence-corrected chi connectivity index (χ4v) is 1.29. The second-order valence-corrected chi connectivity index (χ2v) is 4.65. The lowest BCUT2D eigenvalue weighted by atomic mass is 10.1. The number of alkyl halides is 1. The van der Waals surface area contributed by atoms with Crippen molar-refractivity contribution in [1.82, 2.24) is 5.32 Å². The van der Waals surface area contributed by atoms with E-state index < -0.39 is 0 Å². The molecule has 0 spiro atoms. The summed E-state index contributed by atoms with van der Waals surface area (Å²) >= 11 is 3.37. The molecule has 12 heavy (non-hydrogen) atoms. The normalized spacial score (nSPS) is 25.3. The first-order chi connectivity index (χ1) is 5.70. The molecule has 2 unspecified atom stereocenters. The molecule has 1 heterocycles. The summed E-state index contributed by atoms with van der Waals surface area (Å²) in [4.78, 5) is 11.7. The molecule has 1 aliphatic rings. The zero-order valence-corrected chi connectivity index (χ0v) is 8.76. The lowest BCUT2D eigenvalue weighted by molar-refractivity contribution is -0.124. The van der Waals surface area contributed by atoms with Crippen LogP contribution >= 0.6 is 15.9 Å². The third-order valence-corrected chi connectivity index (χ3v) is 2.18. The van der Waals surface area contributed by atoms with Crippen molar-refractivity contribution in [2.45, 2.75) is 18.2 Å². The number of carbonyl (C=O) groups excluding carboxylic acids is 1. The van der Waals surface area contributed by atoms with E-state index >= 15 is 0 Å². The van der Waals surface area contributed by atoms with Crippen molar-refractivity contribution in [3.8, 4) is 0 Å². The maximum atomic E-state index is 11.3. The highest BCUT2D eigenvalue weighted by Gasteiger charge is 2.22. The number of ether oxygens (including phenoxy) is 1. The van der Waals surface area contributed by atoms with Gasteiger partial charge >= 0.3 is 0 Å². The second kappa shape index (κ2) is 4.82. The first-order valence-electron chi connectivity index (χ1n) is 4.19. The molecule has 4 heteroatoms. The summed E-state index contributed by atoms with van der Waals surface area (Å²) in [5, 5.41) is 2.86. The van der Waals surface area contributed by atoms with Crippen LogP contribution in [0.3, 0.4) is 0 Å². The van der Waals surface area contributed by atoms with Crippen molar-refractivity contribution < 1.29 is 9.53 Å². The molecule has 1 saturated heterocycles. The van der Waals surface area contributed by atoms with Crippen LogP contribution in [0, 0.1) is 5.92 Å². The van der Waals surface area contributed by atoms with Crippen LogP contribution in [0.4, 0.5) is 0 Å². The average molecular weight is 236 g/mol. The summed E-state index contributed by atoms with van der Waals surface area (Å²) in [5.41, 5.74) is 0. The van der Waals surface area contributed by atoms with E-state index in [0.29, 0.717) is 18.0 Å². The van der Waals surface area contributed by atoms with E-state index in [2.05, 4.69) is 21.2 Å². The Morgan fingerprint density at radius 1 is 1.83 bits per heavy atom. The third kappa shape index (κ3) is 3.11. The van der Waals surface area contributed by atoms with Gasteiger partial charge in [-0.3, -0.25) is 4.79 Å². The lowest BCUT2D eigenvalue weighted by Gasteiger charge is -2.09. The third-order valence-electron chi connectivity index (χ3n) is 1.86. The first-order valence-corrected chi connectivity index (χ1v) is 5.11. The second-order valence-electron chi connectivity index (χ2n) is 3.09. The Balaban J connectivity index is 2.18. The highest BCUT2D eigenvalue weighted by Crippen LogP contribution is 2.11. The van der Waals surface area contributed by atoms with Crippen LogP contribution in [0.2, 0.25) is 0 Å². The zero-order chi connectivity index (χ0) is 8.97. The summed E-state index contributed by atoms with van der Waals surface area (Å²) in [6.07, 6.45) is 0.864. The van der Waals surface area contributed by atoms with E-state index in [0.717, 1.165) is 13.0 Å². The highest BCUT2D eigenvalue weighted by atomic mass is 79.9. The molecule has 0 aromatic rings. The molecule has 0 aromatic heterocycles. The predicted octanol–water partition coefficient (Wildman–Crippen LogP) is 0.922. The number of nitrogens with one attached hydrogen (secondary N) is 1. The van der Waals surface area contributed by atoms with E-state index in [4.69, 9.17) is 4.74 Å². The van der Waals surface area contributed by atoms with Crippen LogP contribution in [-0.2, 0) is 9.53 Å². The number of hydrogen-bond acceptors (Lipinski definition) is 2. The monoisotopic (exact) mass is 235 g/mol. The Hall–Kier alpha value is -0.0900. The van der Waals surface area contributed by atoms with E-state index in [-0.39, 0.29) is 11.8 Å². The van der Waals surface area contributed by atoms with Crippen molar-refractivity contribution in [2.24, 2.45) is 5.92 Å². The van der Waals surface area contributed by atoms with Gasteiger partial charge in [0, 0.05) is 18.0 Å². The number of halogens is 1.